The Bertz CT molecular complexity index is 1770. The van der Waals surface area contributed by atoms with E-state index in [-0.39, 0.29) is 12.0 Å². The maximum absolute atomic E-state index is 14.0. The molecule has 0 amide bonds. The fourth-order valence-corrected chi connectivity index (χ4v) is 5.15. The Hall–Kier alpha value is -4.50. The first-order valence-electron chi connectivity index (χ1n) is 11.7. The van der Waals surface area contributed by atoms with E-state index in [1.165, 1.54) is 0 Å². The van der Waals surface area contributed by atoms with Gasteiger partial charge >= 0.3 is 5.97 Å². The largest absolute Gasteiger partial charge is 0.462 e. The molecular weight excluding hydrogens is 432 g/mol. The zero-order valence-electron chi connectivity index (χ0n) is 19.2. The quantitative estimate of drug-likeness (QED) is 0.260. The molecule has 35 heavy (non-hydrogen) atoms. The van der Waals surface area contributed by atoms with E-state index in [2.05, 4.69) is 12.1 Å². The minimum Gasteiger partial charge on any atom is -0.462 e. The molecule has 0 aromatic heterocycles. The summed E-state index contributed by atoms with van der Waals surface area (Å²) in [7, 11) is 0. The van der Waals surface area contributed by atoms with Crippen LogP contribution in [0, 0.1) is 0 Å². The topological polar surface area (TPSA) is 43.4 Å². The van der Waals surface area contributed by atoms with E-state index < -0.39 is 5.97 Å². The maximum atomic E-state index is 14.0. The number of hydrogen-bond donors (Lipinski definition) is 0. The van der Waals surface area contributed by atoms with Gasteiger partial charge in [-0.3, -0.25) is 4.79 Å². The molecule has 0 saturated carbocycles. The lowest BCUT2D eigenvalue weighted by atomic mass is 9.97. The van der Waals surface area contributed by atoms with Crippen LogP contribution < -0.4 is 5.43 Å². The third-order valence-corrected chi connectivity index (χ3v) is 6.63. The van der Waals surface area contributed by atoms with Crippen LogP contribution in [0.25, 0.3) is 54.6 Å². The van der Waals surface area contributed by atoms with Gasteiger partial charge in [0, 0.05) is 21.7 Å². The Labute approximate surface area is 202 Å². The number of esters is 1. The van der Waals surface area contributed by atoms with Crippen LogP contribution in [0.15, 0.2) is 108 Å². The minimum atomic E-state index is -0.419. The van der Waals surface area contributed by atoms with Gasteiger partial charge in [0.1, 0.15) is 0 Å². The van der Waals surface area contributed by atoms with Crippen LogP contribution >= 0.6 is 0 Å². The predicted molar refractivity (Wildman–Crippen MR) is 143 cm³/mol. The van der Waals surface area contributed by atoms with Gasteiger partial charge < -0.3 is 4.74 Å². The lowest BCUT2D eigenvalue weighted by Crippen LogP contribution is -2.06. The summed E-state index contributed by atoms with van der Waals surface area (Å²) in [6, 6.07) is 33.6. The monoisotopic (exact) mass is 454 g/mol. The van der Waals surface area contributed by atoms with Crippen molar-refractivity contribution in [1.29, 1.82) is 0 Å². The molecule has 3 heteroatoms. The summed E-state index contributed by atoms with van der Waals surface area (Å²) in [5.41, 5.74) is 3.84. The number of fused-ring (bicyclic) bond motifs is 2. The molecule has 0 atom stereocenters. The van der Waals surface area contributed by atoms with E-state index in [9.17, 15) is 9.59 Å². The van der Waals surface area contributed by atoms with Crippen LogP contribution in [0.5, 0.6) is 0 Å². The fraction of sp³-hybridized carbons (Fsp3) is 0.0625. The lowest BCUT2D eigenvalue weighted by Gasteiger charge is -2.07. The molecule has 3 nitrogen and oxygen atoms in total. The average molecular weight is 455 g/mol. The smallest absolute Gasteiger partial charge is 0.339 e. The molecule has 0 N–H and O–H groups in total. The highest BCUT2D eigenvalue weighted by atomic mass is 16.5. The van der Waals surface area contributed by atoms with Crippen molar-refractivity contribution in [3.8, 4) is 22.3 Å². The first-order chi connectivity index (χ1) is 17.2. The molecule has 6 aromatic carbocycles. The number of carbonyl (C=O) groups excluding carboxylic acids is 1. The van der Waals surface area contributed by atoms with Gasteiger partial charge in [-0.2, -0.15) is 0 Å². The lowest BCUT2D eigenvalue weighted by molar-refractivity contribution is 0.0530. The van der Waals surface area contributed by atoms with Gasteiger partial charge in [0.2, 0.25) is 0 Å². The summed E-state index contributed by atoms with van der Waals surface area (Å²) < 4.78 is 5.55. The summed E-state index contributed by atoms with van der Waals surface area (Å²) in [4.78, 5) is 27.5. The van der Waals surface area contributed by atoms with Crippen molar-refractivity contribution in [2.24, 2.45) is 0 Å². The highest BCUT2D eigenvalue weighted by Gasteiger charge is 2.27. The van der Waals surface area contributed by atoms with E-state index in [0.29, 0.717) is 21.9 Å². The van der Waals surface area contributed by atoms with Gasteiger partial charge in [-0.1, -0.05) is 97.1 Å². The predicted octanol–water partition coefficient (Wildman–Crippen LogP) is 7.45. The Morgan fingerprint density at radius 3 is 1.94 bits per heavy atom. The van der Waals surface area contributed by atoms with Crippen LogP contribution in [0.3, 0.4) is 0 Å². The Morgan fingerprint density at radius 2 is 1.26 bits per heavy atom. The van der Waals surface area contributed by atoms with Crippen LogP contribution in [0.1, 0.15) is 17.3 Å². The number of hydrogen-bond acceptors (Lipinski definition) is 3. The van der Waals surface area contributed by atoms with E-state index in [1.807, 2.05) is 91.0 Å². The molecule has 6 aromatic rings. The number of rotatable bonds is 4. The van der Waals surface area contributed by atoms with Crippen molar-refractivity contribution in [2.45, 2.75) is 6.92 Å². The number of benzene rings is 4. The van der Waals surface area contributed by atoms with E-state index >= 15 is 0 Å². The molecular formula is C32H22O3. The van der Waals surface area contributed by atoms with Gasteiger partial charge in [0.15, 0.2) is 5.43 Å². The van der Waals surface area contributed by atoms with Crippen LogP contribution in [0.4, 0.5) is 0 Å². The molecule has 0 fully saturated rings. The van der Waals surface area contributed by atoms with Crippen molar-refractivity contribution in [3.05, 3.63) is 119 Å². The van der Waals surface area contributed by atoms with Gasteiger partial charge in [0.25, 0.3) is 0 Å². The van der Waals surface area contributed by atoms with Gasteiger partial charge in [-0.25, -0.2) is 4.79 Å². The van der Waals surface area contributed by atoms with E-state index in [4.69, 9.17) is 4.74 Å². The fourth-order valence-electron chi connectivity index (χ4n) is 5.15. The van der Waals surface area contributed by atoms with Crippen molar-refractivity contribution in [1.82, 2.24) is 0 Å². The van der Waals surface area contributed by atoms with Gasteiger partial charge in [-0.15, -0.1) is 0 Å². The molecule has 0 radical (unpaired) electrons. The first-order valence-corrected chi connectivity index (χ1v) is 11.7. The van der Waals surface area contributed by atoms with Crippen LogP contribution in [-0.4, -0.2) is 12.6 Å². The summed E-state index contributed by atoms with van der Waals surface area (Å²) in [5, 5.41) is 4.58. The summed E-state index contributed by atoms with van der Waals surface area (Å²) >= 11 is 0. The van der Waals surface area contributed by atoms with E-state index in [0.717, 1.165) is 38.2 Å². The zero-order chi connectivity index (χ0) is 23.9. The summed E-state index contributed by atoms with van der Waals surface area (Å²) in [6.07, 6.45) is 0. The molecule has 0 heterocycles. The third-order valence-electron chi connectivity index (χ3n) is 6.63. The van der Waals surface area contributed by atoms with E-state index in [1.54, 1.807) is 6.92 Å². The molecule has 168 valence electrons. The zero-order valence-corrected chi connectivity index (χ0v) is 19.2. The number of ether oxygens (including phenoxy) is 1. The summed E-state index contributed by atoms with van der Waals surface area (Å²) in [5.74, 6) is -0.419. The van der Waals surface area contributed by atoms with Crippen LogP contribution in [0.2, 0.25) is 0 Å². The van der Waals surface area contributed by atoms with Crippen LogP contribution in [-0.2, 0) is 4.74 Å². The first kappa shape index (κ1) is 21.1. The second-order valence-electron chi connectivity index (χ2n) is 8.59. The molecule has 0 bridgehead atoms. The van der Waals surface area contributed by atoms with Crippen molar-refractivity contribution >= 4 is 38.3 Å². The second-order valence-corrected chi connectivity index (χ2v) is 8.59. The van der Waals surface area contributed by atoms with Gasteiger partial charge in [0.05, 0.1) is 12.2 Å². The Kier molecular flexibility index (Phi) is 5.04. The van der Waals surface area contributed by atoms with Crippen molar-refractivity contribution in [2.75, 3.05) is 6.61 Å². The normalized spacial score (nSPS) is 11.3. The second kappa shape index (κ2) is 8.37. The minimum absolute atomic E-state index is 0.0695. The molecule has 0 aliphatic heterocycles. The average Bonchev–Trinajstić information content (AvgIpc) is 3.11. The third kappa shape index (κ3) is 3.28. The van der Waals surface area contributed by atoms with Gasteiger partial charge in [-0.05, 0) is 45.8 Å². The molecule has 0 aliphatic rings. The molecule has 0 saturated heterocycles. The molecule has 0 spiro atoms. The number of carbonyl (C=O) groups is 1. The SMILES string of the molecule is CCOC(=O)c1c(-c2ccccc2)c2c(=O)c3ccccc3c3ccc(-c4ccccc4)cc1c23. The molecule has 0 aliphatic carbocycles. The maximum Gasteiger partial charge on any atom is 0.339 e. The standard InChI is InChI=1S/C32H22O3/c1-2-35-32(34)29-26-19-22(20-11-5-3-6-12-20)17-18-24-23-15-9-10-16-25(23)31(33)30(28(24)26)27(29)21-13-7-4-8-14-21/h3-19H,2H2,1H3. The highest BCUT2D eigenvalue weighted by Crippen LogP contribution is 2.43. The highest BCUT2D eigenvalue weighted by molar-refractivity contribution is 6.31. The Morgan fingerprint density at radius 1 is 0.629 bits per heavy atom. The Balaban J connectivity index is 1.91. The summed E-state index contributed by atoms with van der Waals surface area (Å²) in [6.45, 7) is 2.05. The molecule has 0 unspecified atom stereocenters. The van der Waals surface area contributed by atoms with Crippen molar-refractivity contribution in [3.63, 3.8) is 0 Å². The van der Waals surface area contributed by atoms with Crippen molar-refractivity contribution < 1.29 is 9.53 Å². The molecule has 6 rings (SSSR count).